The summed E-state index contributed by atoms with van der Waals surface area (Å²) in [6.45, 7) is 11.0. The van der Waals surface area contributed by atoms with Crippen LogP contribution in [0, 0.1) is 5.41 Å². The molecule has 0 aromatic heterocycles. The van der Waals surface area contributed by atoms with E-state index in [0.717, 1.165) is 0 Å². The lowest BCUT2D eigenvalue weighted by atomic mass is 9.67. The molecule has 0 aromatic rings. The predicted molar refractivity (Wildman–Crippen MR) is 58.9 cm³/mol. The Balaban J connectivity index is 2.69. The molecule has 0 aliphatic heterocycles. The van der Waals surface area contributed by atoms with Gasteiger partial charge in [0.25, 0.3) is 0 Å². The molecule has 0 atom stereocenters. The van der Waals surface area contributed by atoms with E-state index in [9.17, 15) is 0 Å². The lowest BCUT2D eigenvalue weighted by molar-refractivity contribution is 0.165. The summed E-state index contributed by atoms with van der Waals surface area (Å²) in [4.78, 5) is 0. The summed E-state index contributed by atoms with van der Waals surface area (Å²) in [6.07, 6.45) is 5.10. The average molecular weight is 181 g/mol. The molecule has 0 saturated heterocycles. The van der Waals surface area contributed by atoms with Gasteiger partial charge in [0.05, 0.1) is 0 Å². The molecule has 0 amide bonds. The van der Waals surface area contributed by atoms with Gasteiger partial charge in [0.1, 0.15) is 0 Å². The first-order valence-corrected chi connectivity index (χ1v) is 5.27. The fourth-order valence-corrected chi connectivity index (χ4v) is 2.24. The summed E-state index contributed by atoms with van der Waals surface area (Å²) in [7, 11) is 2.06. The van der Waals surface area contributed by atoms with Crippen LogP contribution in [0.4, 0.5) is 0 Å². The van der Waals surface area contributed by atoms with Crippen LogP contribution in [0.2, 0.25) is 0 Å². The second-order valence-electron chi connectivity index (χ2n) is 5.28. The zero-order valence-corrected chi connectivity index (χ0v) is 9.54. The molecule has 0 bridgehead atoms. The average Bonchev–Trinajstić information content (AvgIpc) is 2.05. The van der Waals surface area contributed by atoms with Crippen LogP contribution in [0.15, 0.2) is 12.2 Å². The molecular weight excluding hydrogens is 158 g/mol. The number of likely N-dealkylation sites (N-methyl/N-ethyl adjacent to an activating group) is 1. The topological polar surface area (TPSA) is 12.0 Å². The zero-order chi connectivity index (χ0) is 10.1. The fourth-order valence-electron chi connectivity index (χ4n) is 2.24. The molecule has 1 heteroatoms. The van der Waals surface area contributed by atoms with Gasteiger partial charge in [-0.25, -0.2) is 0 Å². The smallest absolute Gasteiger partial charge is 0.0386 e. The predicted octanol–water partition coefficient (Wildman–Crippen LogP) is 3.12. The van der Waals surface area contributed by atoms with E-state index < -0.39 is 0 Å². The lowest BCUT2D eigenvalue weighted by Crippen LogP contribution is -2.48. The van der Waals surface area contributed by atoms with Crippen molar-refractivity contribution in [2.24, 2.45) is 5.41 Å². The minimum Gasteiger partial charge on any atom is -0.311 e. The van der Waals surface area contributed by atoms with Crippen LogP contribution in [-0.2, 0) is 0 Å². The third-order valence-electron chi connectivity index (χ3n) is 3.75. The maximum atomic E-state index is 4.11. The fraction of sp³-hybridized carbons (Fsp3) is 0.833. The molecule has 0 radical (unpaired) electrons. The van der Waals surface area contributed by atoms with Crippen LogP contribution in [0.3, 0.4) is 0 Å². The first-order chi connectivity index (χ1) is 5.92. The van der Waals surface area contributed by atoms with Gasteiger partial charge < -0.3 is 5.32 Å². The summed E-state index contributed by atoms with van der Waals surface area (Å²) in [5.41, 5.74) is 2.07. The Morgan fingerprint density at radius 3 is 1.92 bits per heavy atom. The molecular formula is C12H23N. The van der Waals surface area contributed by atoms with Gasteiger partial charge in [0.15, 0.2) is 0 Å². The van der Waals surface area contributed by atoms with Crippen LogP contribution >= 0.6 is 0 Å². The van der Waals surface area contributed by atoms with E-state index in [1.807, 2.05) is 0 Å². The van der Waals surface area contributed by atoms with Crippen LogP contribution in [0.5, 0.6) is 0 Å². The quantitative estimate of drug-likeness (QED) is 0.645. The van der Waals surface area contributed by atoms with E-state index in [4.69, 9.17) is 0 Å². The molecule has 1 aliphatic carbocycles. The van der Waals surface area contributed by atoms with Crippen molar-refractivity contribution in [3.05, 3.63) is 12.2 Å². The largest absolute Gasteiger partial charge is 0.311 e. The molecule has 1 nitrogen and oxygen atoms in total. The minimum absolute atomic E-state index is 0.232. The number of hydrogen-bond acceptors (Lipinski definition) is 1. The third-order valence-corrected chi connectivity index (χ3v) is 3.75. The van der Waals surface area contributed by atoms with Gasteiger partial charge in [-0.15, -0.1) is 0 Å². The summed E-state index contributed by atoms with van der Waals surface area (Å²) >= 11 is 0. The highest BCUT2D eigenvalue weighted by molar-refractivity contribution is 5.16. The molecule has 0 unspecified atom stereocenters. The van der Waals surface area contributed by atoms with Gasteiger partial charge in [0.2, 0.25) is 0 Å². The molecule has 1 N–H and O–H groups in total. The van der Waals surface area contributed by atoms with Crippen molar-refractivity contribution in [2.45, 2.75) is 52.0 Å². The SMILES string of the molecule is C=C(C)C1(NC)CCC(C)(C)CC1. The molecule has 13 heavy (non-hydrogen) atoms. The van der Waals surface area contributed by atoms with Gasteiger partial charge in [-0.05, 0) is 45.1 Å². The highest BCUT2D eigenvalue weighted by Crippen LogP contribution is 2.42. The molecule has 0 heterocycles. The van der Waals surface area contributed by atoms with Crippen molar-refractivity contribution in [3.63, 3.8) is 0 Å². The van der Waals surface area contributed by atoms with E-state index in [1.54, 1.807) is 0 Å². The Hall–Kier alpha value is -0.300. The lowest BCUT2D eigenvalue weighted by Gasteiger charge is -2.44. The van der Waals surface area contributed by atoms with Crippen molar-refractivity contribution < 1.29 is 0 Å². The molecule has 1 saturated carbocycles. The molecule has 1 rings (SSSR count). The van der Waals surface area contributed by atoms with Crippen LogP contribution in [0.1, 0.15) is 46.5 Å². The second kappa shape index (κ2) is 3.45. The first kappa shape index (κ1) is 10.8. The molecule has 76 valence electrons. The van der Waals surface area contributed by atoms with Gasteiger partial charge in [-0.3, -0.25) is 0 Å². The first-order valence-electron chi connectivity index (χ1n) is 5.27. The van der Waals surface area contributed by atoms with Gasteiger partial charge in [-0.1, -0.05) is 26.0 Å². The summed E-state index contributed by atoms with van der Waals surface area (Å²) < 4.78 is 0. The van der Waals surface area contributed by atoms with Crippen molar-refractivity contribution in [3.8, 4) is 0 Å². The van der Waals surface area contributed by atoms with E-state index in [-0.39, 0.29) is 5.54 Å². The monoisotopic (exact) mass is 181 g/mol. The number of hydrogen-bond donors (Lipinski definition) is 1. The van der Waals surface area contributed by atoms with Crippen molar-refractivity contribution >= 4 is 0 Å². The van der Waals surface area contributed by atoms with E-state index in [1.165, 1.54) is 31.3 Å². The Bertz CT molecular complexity index is 193. The molecule has 1 aliphatic rings. The molecule has 0 aromatic carbocycles. The second-order valence-corrected chi connectivity index (χ2v) is 5.28. The minimum atomic E-state index is 0.232. The maximum Gasteiger partial charge on any atom is 0.0386 e. The van der Waals surface area contributed by atoms with Crippen LogP contribution in [-0.4, -0.2) is 12.6 Å². The third kappa shape index (κ3) is 2.14. The van der Waals surface area contributed by atoms with E-state index in [0.29, 0.717) is 5.41 Å². The summed E-state index contributed by atoms with van der Waals surface area (Å²) in [5, 5.41) is 3.46. The number of rotatable bonds is 2. The molecule has 1 fully saturated rings. The van der Waals surface area contributed by atoms with Gasteiger partial charge in [0, 0.05) is 5.54 Å². The Kier molecular flexibility index (Phi) is 2.86. The van der Waals surface area contributed by atoms with Gasteiger partial charge >= 0.3 is 0 Å². The molecule has 0 spiro atoms. The van der Waals surface area contributed by atoms with E-state index >= 15 is 0 Å². The van der Waals surface area contributed by atoms with Gasteiger partial charge in [-0.2, -0.15) is 0 Å². The Morgan fingerprint density at radius 1 is 1.15 bits per heavy atom. The van der Waals surface area contributed by atoms with E-state index in [2.05, 4.69) is 39.7 Å². The normalized spacial score (nSPS) is 25.5. The standard InChI is InChI=1S/C12H23N/c1-10(2)12(13-5)8-6-11(3,4)7-9-12/h13H,1,6-9H2,2-5H3. The van der Waals surface area contributed by atoms with Crippen LogP contribution < -0.4 is 5.32 Å². The summed E-state index contributed by atoms with van der Waals surface area (Å²) in [6, 6.07) is 0. The Morgan fingerprint density at radius 2 is 1.62 bits per heavy atom. The van der Waals surface area contributed by atoms with Crippen LogP contribution in [0.25, 0.3) is 0 Å². The maximum absolute atomic E-state index is 4.11. The van der Waals surface area contributed by atoms with Crippen molar-refractivity contribution in [1.82, 2.24) is 5.32 Å². The summed E-state index contributed by atoms with van der Waals surface area (Å²) in [5.74, 6) is 0. The number of nitrogens with one attached hydrogen (secondary N) is 1. The highest BCUT2D eigenvalue weighted by Gasteiger charge is 2.37. The highest BCUT2D eigenvalue weighted by atomic mass is 14.9. The van der Waals surface area contributed by atoms with Crippen molar-refractivity contribution in [1.29, 1.82) is 0 Å². The van der Waals surface area contributed by atoms with Crippen molar-refractivity contribution in [2.75, 3.05) is 7.05 Å². The zero-order valence-electron chi connectivity index (χ0n) is 9.54. The Labute approximate surface area is 82.6 Å².